The van der Waals surface area contributed by atoms with E-state index in [2.05, 4.69) is 20.3 Å². The number of halogens is 1. The van der Waals surface area contributed by atoms with Gasteiger partial charge in [0, 0.05) is 5.88 Å². The zero-order chi connectivity index (χ0) is 5.70. The largest absolute Gasteiger partial charge is 0.127 e. The van der Waals surface area contributed by atoms with Crippen LogP contribution < -0.4 is 0 Å². The van der Waals surface area contributed by atoms with Crippen LogP contribution in [-0.2, 0) is 0 Å². The molecule has 0 spiro atoms. The molecule has 0 aliphatic carbocycles. The molecule has 1 unspecified atom stereocenters. The van der Waals surface area contributed by atoms with Gasteiger partial charge in [0.2, 0.25) is 0 Å². The number of hydrogen-bond acceptors (Lipinski definition) is 0. The summed E-state index contributed by atoms with van der Waals surface area (Å²) in [6.45, 7) is 4.24. The van der Waals surface area contributed by atoms with E-state index >= 15 is 0 Å². The summed E-state index contributed by atoms with van der Waals surface area (Å²) in [5, 5.41) is 0. The first-order chi connectivity index (χ1) is 3.31. The summed E-state index contributed by atoms with van der Waals surface area (Å²) >= 11 is 5.46. The van der Waals surface area contributed by atoms with Gasteiger partial charge in [0.05, 0.1) is 0 Å². The van der Waals surface area contributed by atoms with Gasteiger partial charge in [-0.3, -0.25) is 0 Å². The molecule has 0 heterocycles. The molecule has 0 aliphatic rings. The highest BCUT2D eigenvalue weighted by molar-refractivity contribution is 6.17. The van der Waals surface area contributed by atoms with Crippen molar-refractivity contribution >= 4 is 11.6 Å². The Hall–Kier alpha value is 0.290. The maximum atomic E-state index is 5.46. The Kier molecular flexibility index (Phi) is 4.63. The van der Waals surface area contributed by atoms with Crippen LogP contribution in [0.5, 0.6) is 0 Å². The van der Waals surface area contributed by atoms with E-state index in [0.29, 0.717) is 5.92 Å². The Morgan fingerprint density at radius 2 is 2.29 bits per heavy atom. The molecule has 43 valence electrons. The van der Waals surface area contributed by atoms with Gasteiger partial charge in [-0.2, -0.15) is 0 Å². The molecule has 0 N–H and O–H groups in total. The van der Waals surface area contributed by atoms with Crippen LogP contribution >= 0.6 is 11.6 Å². The lowest BCUT2D eigenvalue weighted by Gasteiger charge is -2.01. The van der Waals surface area contributed by atoms with E-state index in [0.717, 1.165) is 12.3 Å². The smallest absolute Gasteiger partial charge is 0.0226 e. The Morgan fingerprint density at radius 3 is 2.43 bits per heavy atom. The van der Waals surface area contributed by atoms with Gasteiger partial charge in [-0.05, 0) is 18.8 Å². The Morgan fingerprint density at radius 1 is 1.71 bits per heavy atom. The highest BCUT2D eigenvalue weighted by Crippen LogP contribution is 2.04. The monoisotopic (exact) mass is 119 g/mol. The van der Waals surface area contributed by atoms with Gasteiger partial charge in [-0.1, -0.05) is 13.8 Å². The molecule has 0 amide bonds. The molecular weight excluding hydrogens is 108 g/mol. The second kappa shape index (κ2) is 4.45. The van der Waals surface area contributed by atoms with E-state index in [-0.39, 0.29) is 0 Å². The maximum absolute atomic E-state index is 5.46. The highest BCUT2D eigenvalue weighted by Gasteiger charge is 1.93. The van der Waals surface area contributed by atoms with Gasteiger partial charge in [0.15, 0.2) is 0 Å². The molecule has 0 bridgehead atoms. The van der Waals surface area contributed by atoms with Crippen molar-refractivity contribution in [1.29, 1.82) is 0 Å². The fourth-order valence-corrected chi connectivity index (χ4v) is 0.683. The molecule has 0 fully saturated rings. The van der Waals surface area contributed by atoms with Gasteiger partial charge in [0.1, 0.15) is 0 Å². The van der Waals surface area contributed by atoms with E-state index < -0.39 is 0 Å². The van der Waals surface area contributed by atoms with Crippen LogP contribution in [0.2, 0.25) is 0 Å². The fraction of sp³-hybridized carbons (Fsp3) is 0.833. The second-order valence-corrected chi connectivity index (χ2v) is 2.17. The Balaban J connectivity index is 2.83. The Labute approximate surface area is 50.9 Å². The van der Waals surface area contributed by atoms with E-state index in [4.69, 9.17) is 11.6 Å². The van der Waals surface area contributed by atoms with Crippen molar-refractivity contribution in [2.24, 2.45) is 5.92 Å². The lowest BCUT2D eigenvalue weighted by molar-refractivity contribution is 0.653. The standard InChI is InChI=1S/C6H12Cl/c1-3-6(2)4-5-7/h3,6H,4-5H2,1-2H3. The molecule has 7 heavy (non-hydrogen) atoms. The van der Waals surface area contributed by atoms with E-state index in [9.17, 15) is 0 Å². The molecular formula is C6H12Cl. The Bertz CT molecular complexity index is 35.2. The van der Waals surface area contributed by atoms with Crippen molar-refractivity contribution in [3.8, 4) is 0 Å². The average Bonchev–Trinajstić information content (AvgIpc) is 1.68. The second-order valence-electron chi connectivity index (χ2n) is 1.79. The molecule has 0 saturated heterocycles. The van der Waals surface area contributed by atoms with E-state index in [1.165, 1.54) is 0 Å². The fourth-order valence-electron chi connectivity index (χ4n) is 0.339. The van der Waals surface area contributed by atoms with Crippen LogP contribution in [0, 0.1) is 12.3 Å². The molecule has 0 nitrogen and oxygen atoms in total. The lowest BCUT2D eigenvalue weighted by atomic mass is 10.1. The highest BCUT2D eigenvalue weighted by atomic mass is 35.5. The van der Waals surface area contributed by atoms with Crippen molar-refractivity contribution in [3.63, 3.8) is 0 Å². The molecule has 1 heteroatoms. The summed E-state index contributed by atoms with van der Waals surface area (Å²) in [6, 6.07) is 0. The van der Waals surface area contributed by atoms with E-state index in [1.807, 2.05) is 0 Å². The van der Waals surface area contributed by atoms with E-state index in [1.54, 1.807) is 0 Å². The van der Waals surface area contributed by atoms with Crippen molar-refractivity contribution in [1.82, 2.24) is 0 Å². The van der Waals surface area contributed by atoms with Crippen LogP contribution in [-0.4, -0.2) is 5.88 Å². The predicted octanol–water partition coefficient (Wildman–Crippen LogP) is 2.48. The van der Waals surface area contributed by atoms with Gasteiger partial charge < -0.3 is 0 Å². The molecule has 0 aromatic rings. The number of rotatable bonds is 3. The van der Waals surface area contributed by atoms with Crippen LogP contribution in [0.15, 0.2) is 0 Å². The molecule has 1 atom stereocenters. The average molecular weight is 120 g/mol. The van der Waals surface area contributed by atoms with Gasteiger partial charge in [-0.15, -0.1) is 11.6 Å². The summed E-state index contributed by atoms with van der Waals surface area (Å²) in [7, 11) is 0. The van der Waals surface area contributed by atoms with Gasteiger partial charge >= 0.3 is 0 Å². The zero-order valence-corrected chi connectivity index (χ0v) is 5.70. The summed E-state index contributed by atoms with van der Waals surface area (Å²) in [5.74, 6) is 1.48. The van der Waals surface area contributed by atoms with Gasteiger partial charge in [0.25, 0.3) is 0 Å². The minimum absolute atomic E-state index is 0.692. The van der Waals surface area contributed by atoms with Crippen molar-refractivity contribution in [2.75, 3.05) is 5.88 Å². The molecule has 0 aliphatic heterocycles. The summed E-state index contributed by atoms with van der Waals surface area (Å²) in [4.78, 5) is 0. The SMILES string of the molecule is C[CH]C(C)CCCl. The number of hydrogen-bond donors (Lipinski definition) is 0. The van der Waals surface area contributed by atoms with Gasteiger partial charge in [-0.25, -0.2) is 0 Å². The minimum Gasteiger partial charge on any atom is -0.127 e. The van der Waals surface area contributed by atoms with Crippen molar-refractivity contribution in [3.05, 3.63) is 6.42 Å². The molecule has 0 saturated carbocycles. The molecule has 1 radical (unpaired) electrons. The number of alkyl halides is 1. The first kappa shape index (κ1) is 7.29. The first-order valence-corrected chi connectivity index (χ1v) is 3.20. The third-order valence-electron chi connectivity index (χ3n) is 1.13. The summed E-state index contributed by atoms with van der Waals surface area (Å²) in [6.07, 6.45) is 3.28. The first-order valence-electron chi connectivity index (χ1n) is 2.66. The van der Waals surface area contributed by atoms with Crippen LogP contribution in [0.1, 0.15) is 20.3 Å². The van der Waals surface area contributed by atoms with Crippen LogP contribution in [0.25, 0.3) is 0 Å². The third-order valence-corrected chi connectivity index (χ3v) is 1.35. The maximum Gasteiger partial charge on any atom is 0.0226 e. The van der Waals surface area contributed by atoms with Crippen molar-refractivity contribution in [2.45, 2.75) is 20.3 Å². The van der Waals surface area contributed by atoms with Crippen LogP contribution in [0.3, 0.4) is 0 Å². The predicted molar refractivity (Wildman–Crippen MR) is 34.5 cm³/mol. The normalized spacial score (nSPS) is 14.1. The lowest BCUT2D eigenvalue weighted by Crippen LogP contribution is -1.91. The molecule has 0 rings (SSSR count). The van der Waals surface area contributed by atoms with Crippen LogP contribution in [0.4, 0.5) is 0 Å². The third kappa shape index (κ3) is 4.14. The summed E-state index contributed by atoms with van der Waals surface area (Å²) in [5.41, 5.74) is 0. The minimum atomic E-state index is 0.692. The summed E-state index contributed by atoms with van der Waals surface area (Å²) < 4.78 is 0. The molecule has 0 aromatic heterocycles. The molecule has 0 aromatic carbocycles. The van der Waals surface area contributed by atoms with Crippen molar-refractivity contribution < 1.29 is 0 Å². The quantitative estimate of drug-likeness (QED) is 0.501. The topological polar surface area (TPSA) is 0 Å². The zero-order valence-electron chi connectivity index (χ0n) is 4.95.